The van der Waals surface area contributed by atoms with Crippen LogP contribution in [0.15, 0.2) is 54.6 Å². The van der Waals surface area contributed by atoms with Gasteiger partial charge in [0.2, 0.25) is 0 Å². The molecule has 2 aromatic rings. The van der Waals surface area contributed by atoms with Gasteiger partial charge in [0.05, 0.1) is 10.6 Å². The average Bonchev–Trinajstić information content (AvgIpc) is 2.83. The van der Waals surface area contributed by atoms with Crippen molar-refractivity contribution in [3.05, 3.63) is 65.2 Å². The highest BCUT2D eigenvalue weighted by atomic mass is 35.5. The first kappa shape index (κ1) is 17.8. The Morgan fingerprint density at radius 3 is 2.56 bits per heavy atom. The summed E-state index contributed by atoms with van der Waals surface area (Å²) in [5, 5.41) is 11.3. The Bertz CT molecular complexity index is 722. The molecule has 1 heterocycles. The lowest BCUT2D eigenvalue weighted by molar-refractivity contribution is -0.0163. The van der Waals surface area contributed by atoms with E-state index in [0.29, 0.717) is 36.5 Å². The third-order valence-corrected chi connectivity index (χ3v) is 4.89. The van der Waals surface area contributed by atoms with Gasteiger partial charge in [0.15, 0.2) is 0 Å². The van der Waals surface area contributed by atoms with E-state index in [-0.39, 0.29) is 12.5 Å². The minimum Gasteiger partial charge on any atom is -0.491 e. The second kappa shape index (κ2) is 7.89. The lowest BCUT2D eigenvalue weighted by Gasteiger charge is -2.27. The van der Waals surface area contributed by atoms with Crippen LogP contribution in [-0.4, -0.2) is 41.2 Å². The number of benzene rings is 2. The Kier molecular flexibility index (Phi) is 5.61. The van der Waals surface area contributed by atoms with Gasteiger partial charge in [-0.3, -0.25) is 4.79 Å². The van der Waals surface area contributed by atoms with E-state index in [1.54, 1.807) is 29.2 Å². The molecule has 0 aromatic heterocycles. The first-order valence-electron chi connectivity index (χ1n) is 8.51. The third-order valence-electron chi connectivity index (χ3n) is 4.56. The second-order valence-electron chi connectivity index (χ2n) is 6.45. The summed E-state index contributed by atoms with van der Waals surface area (Å²) in [6, 6.07) is 16.5. The van der Waals surface area contributed by atoms with Crippen molar-refractivity contribution in [3.63, 3.8) is 0 Å². The molecule has 1 atom stereocenters. The molecule has 132 valence electrons. The lowest BCUT2D eigenvalue weighted by Crippen LogP contribution is -2.38. The van der Waals surface area contributed by atoms with Gasteiger partial charge in [0.25, 0.3) is 5.91 Å². The molecule has 0 aliphatic carbocycles. The molecule has 5 heteroatoms. The maximum absolute atomic E-state index is 12.7. The molecule has 25 heavy (non-hydrogen) atoms. The van der Waals surface area contributed by atoms with Crippen LogP contribution in [0.1, 0.15) is 29.6 Å². The van der Waals surface area contributed by atoms with Crippen molar-refractivity contribution >= 4 is 17.5 Å². The van der Waals surface area contributed by atoms with E-state index < -0.39 is 5.60 Å². The van der Waals surface area contributed by atoms with E-state index in [4.69, 9.17) is 16.3 Å². The van der Waals surface area contributed by atoms with Gasteiger partial charge >= 0.3 is 0 Å². The summed E-state index contributed by atoms with van der Waals surface area (Å²) in [7, 11) is 0. The number of para-hydroxylation sites is 1. The van der Waals surface area contributed by atoms with Crippen LogP contribution in [0.5, 0.6) is 5.75 Å². The van der Waals surface area contributed by atoms with Crippen molar-refractivity contribution < 1.29 is 14.6 Å². The highest BCUT2D eigenvalue weighted by Crippen LogP contribution is 2.26. The summed E-state index contributed by atoms with van der Waals surface area (Å²) in [6.07, 6.45) is 1.81. The van der Waals surface area contributed by atoms with Crippen LogP contribution in [-0.2, 0) is 0 Å². The monoisotopic (exact) mass is 359 g/mol. The van der Waals surface area contributed by atoms with Crippen molar-refractivity contribution in [3.8, 4) is 5.75 Å². The molecule has 0 spiro atoms. The van der Waals surface area contributed by atoms with Gasteiger partial charge in [-0.05, 0) is 43.5 Å². The van der Waals surface area contributed by atoms with Gasteiger partial charge in [0, 0.05) is 13.1 Å². The Balaban J connectivity index is 1.61. The van der Waals surface area contributed by atoms with Crippen LogP contribution >= 0.6 is 11.6 Å². The molecule has 1 aliphatic heterocycles. The van der Waals surface area contributed by atoms with Crippen LogP contribution in [0, 0.1) is 0 Å². The average molecular weight is 360 g/mol. The van der Waals surface area contributed by atoms with E-state index in [2.05, 4.69) is 0 Å². The zero-order valence-electron chi connectivity index (χ0n) is 14.0. The molecule has 1 N–H and O–H groups in total. The Hall–Kier alpha value is -2.04. The smallest absolute Gasteiger partial charge is 0.255 e. The second-order valence-corrected chi connectivity index (χ2v) is 6.86. The number of likely N-dealkylation sites (tertiary alicyclic amines) is 1. The van der Waals surface area contributed by atoms with Crippen LogP contribution < -0.4 is 4.74 Å². The van der Waals surface area contributed by atoms with Gasteiger partial charge in [-0.2, -0.15) is 0 Å². The lowest BCUT2D eigenvalue weighted by atomic mass is 9.96. The molecule has 0 bridgehead atoms. The van der Waals surface area contributed by atoms with Crippen LogP contribution in [0.2, 0.25) is 5.02 Å². The fourth-order valence-corrected chi connectivity index (χ4v) is 3.28. The standard InChI is InChI=1S/C20H22ClNO3/c21-18-10-5-4-9-17(18)19(23)22-13-6-11-20(24,12-14-22)15-25-16-7-2-1-3-8-16/h1-5,7-10,24H,6,11-15H2. The normalized spacial score (nSPS) is 20.8. The van der Waals surface area contributed by atoms with Crippen molar-refractivity contribution in [1.29, 1.82) is 0 Å². The molecule has 4 nitrogen and oxygen atoms in total. The highest BCUT2D eigenvalue weighted by Gasteiger charge is 2.33. The van der Waals surface area contributed by atoms with Gasteiger partial charge in [-0.15, -0.1) is 0 Å². The fraction of sp³-hybridized carbons (Fsp3) is 0.350. The Labute approximate surface area is 153 Å². The van der Waals surface area contributed by atoms with E-state index >= 15 is 0 Å². The molecule has 0 saturated carbocycles. The predicted molar refractivity (Wildman–Crippen MR) is 98.1 cm³/mol. The number of ether oxygens (including phenoxy) is 1. The number of aliphatic hydroxyl groups is 1. The number of hydrogen-bond donors (Lipinski definition) is 1. The van der Waals surface area contributed by atoms with Gasteiger partial charge in [-0.1, -0.05) is 41.9 Å². The van der Waals surface area contributed by atoms with Crippen molar-refractivity contribution in [2.24, 2.45) is 0 Å². The molecule has 1 saturated heterocycles. The largest absolute Gasteiger partial charge is 0.491 e. The number of carbonyl (C=O) groups excluding carboxylic acids is 1. The van der Waals surface area contributed by atoms with Crippen molar-refractivity contribution in [2.45, 2.75) is 24.9 Å². The van der Waals surface area contributed by atoms with Crippen LogP contribution in [0.3, 0.4) is 0 Å². The SMILES string of the molecule is O=C(c1ccccc1Cl)N1CCCC(O)(COc2ccccc2)CC1. The quantitative estimate of drug-likeness (QED) is 0.903. The number of halogens is 1. The molecule has 0 radical (unpaired) electrons. The van der Waals surface area contributed by atoms with E-state index in [1.165, 1.54) is 0 Å². The van der Waals surface area contributed by atoms with E-state index in [9.17, 15) is 9.90 Å². The zero-order chi connectivity index (χ0) is 17.7. The Morgan fingerprint density at radius 2 is 1.80 bits per heavy atom. The number of carbonyl (C=O) groups is 1. The summed E-state index contributed by atoms with van der Waals surface area (Å²) in [4.78, 5) is 14.5. The molecule has 1 fully saturated rings. The van der Waals surface area contributed by atoms with Crippen LogP contribution in [0.25, 0.3) is 0 Å². The van der Waals surface area contributed by atoms with Gasteiger partial charge in [0.1, 0.15) is 18.0 Å². The molecular formula is C20H22ClNO3. The van der Waals surface area contributed by atoms with E-state index in [0.717, 1.165) is 12.2 Å². The first-order chi connectivity index (χ1) is 12.1. The topological polar surface area (TPSA) is 49.8 Å². The number of nitrogens with zero attached hydrogens (tertiary/aromatic N) is 1. The molecule has 1 amide bonds. The van der Waals surface area contributed by atoms with Crippen LogP contribution in [0.4, 0.5) is 0 Å². The van der Waals surface area contributed by atoms with Crippen molar-refractivity contribution in [2.75, 3.05) is 19.7 Å². The van der Waals surface area contributed by atoms with Gasteiger partial charge in [-0.25, -0.2) is 0 Å². The molecule has 1 aliphatic rings. The van der Waals surface area contributed by atoms with E-state index in [1.807, 2.05) is 30.3 Å². The third kappa shape index (κ3) is 4.53. The fourth-order valence-electron chi connectivity index (χ4n) is 3.07. The van der Waals surface area contributed by atoms with Crippen molar-refractivity contribution in [1.82, 2.24) is 4.90 Å². The maximum atomic E-state index is 12.7. The predicted octanol–water partition coefficient (Wildman–Crippen LogP) is 3.78. The molecular weight excluding hydrogens is 338 g/mol. The maximum Gasteiger partial charge on any atom is 0.255 e. The number of rotatable bonds is 4. The molecule has 2 aromatic carbocycles. The van der Waals surface area contributed by atoms with Gasteiger partial charge < -0.3 is 14.7 Å². The zero-order valence-corrected chi connectivity index (χ0v) is 14.8. The summed E-state index contributed by atoms with van der Waals surface area (Å²) in [6.45, 7) is 1.32. The summed E-state index contributed by atoms with van der Waals surface area (Å²) in [5.41, 5.74) is -0.416. The summed E-state index contributed by atoms with van der Waals surface area (Å²) in [5.74, 6) is 0.656. The summed E-state index contributed by atoms with van der Waals surface area (Å²) < 4.78 is 5.73. The molecule has 3 rings (SSSR count). The number of amides is 1. The highest BCUT2D eigenvalue weighted by molar-refractivity contribution is 6.33. The minimum atomic E-state index is -0.925. The first-order valence-corrected chi connectivity index (χ1v) is 8.89. The molecule has 1 unspecified atom stereocenters. The number of hydrogen-bond acceptors (Lipinski definition) is 3. The Morgan fingerprint density at radius 1 is 1.08 bits per heavy atom. The minimum absolute atomic E-state index is 0.0844. The summed E-state index contributed by atoms with van der Waals surface area (Å²) >= 11 is 6.14.